The van der Waals surface area contributed by atoms with Gasteiger partial charge in [-0.3, -0.25) is 4.79 Å². The number of amides is 1. The van der Waals surface area contributed by atoms with Crippen LogP contribution in [0.3, 0.4) is 0 Å². The van der Waals surface area contributed by atoms with E-state index in [9.17, 15) is 9.90 Å². The lowest BCUT2D eigenvalue weighted by molar-refractivity contribution is -0.130. The van der Waals surface area contributed by atoms with Crippen molar-refractivity contribution in [3.8, 4) is 0 Å². The molecule has 0 spiro atoms. The number of halogens is 1. The fraction of sp³-hybridized carbons (Fsp3) is 0.444. The lowest BCUT2D eigenvalue weighted by atomic mass is 10.3. The third-order valence-corrected chi connectivity index (χ3v) is 2.42. The molecule has 4 nitrogen and oxygen atoms in total. The Balaban J connectivity index is 2.56. The first-order valence-electron chi connectivity index (χ1n) is 4.20. The van der Waals surface area contributed by atoms with Crippen LogP contribution in [0.25, 0.3) is 0 Å². The second-order valence-electron chi connectivity index (χ2n) is 3.24. The molecule has 0 aromatic rings. The van der Waals surface area contributed by atoms with Crippen LogP contribution in [-0.4, -0.2) is 47.7 Å². The number of hydrogen-bond donors (Lipinski definition) is 1. The summed E-state index contributed by atoms with van der Waals surface area (Å²) in [6.45, 7) is 0.182. The molecule has 1 aliphatic rings. The van der Waals surface area contributed by atoms with E-state index in [0.29, 0.717) is 0 Å². The van der Waals surface area contributed by atoms with Gasteiger partial charge >= 0.3 is 0 Å². The van der Waals surface area contributed by atoms with Crippen molar-refractivity contribution in [1.29, 1.82) is 0 Å². The minimum absolute atomic E-state index is 0.0416. The van der Waals surface area contributed by atoms with Gasteiger partial charge in [0.1, 0.15) is 6.23 Å². The van der Waals surface area contributed by atoms with E-state index in [1.807, 2.05) is 0 Å². The summed E-state index contributed by atoms with van der Waals surface area (Å²) in [5, 5.41) is 9.57. The number of carbonyl (C=O) groups is 1. The van der Waals surface area contributed by atoms with E-state index in [1.54, 1.807) is 37.3 Å². The first kappa shape index (κ1) is 11.3. The smallest absolute Gasteiger partial charge is 0.241 e. The monoisotopic (exact) mass is 260 g/mol. The van der Waals surface area contributed by atoms with Gasteiger partial charge in [0.15, 0.2) is 0 Å². The Labute approximate surface area is 91.6 Å². The molecule has 1 unspecified atom stereocenters. The van der Waals surface area contributed by atoms with Crippen LogP contribution in [0.2, 0.25) is 0 Å². The topological polar surface area (TPSA) is 43.8 Å². The number of likely N-dealkylation sites (N-methyl/N-ethyl adjacent to an activating group) is 1. The van der Waals surface area contributed by atoms with Crippen molar-refractivity contribution >= 4 is 21.8 Å². The third kappa shape index (κ3) is 2.85. The average Bonchev–Trinajstić information content (AvgIpc) is 2.09. The van der Waals surface area contributed by atoms with Gasteiger partial charge in [-0.25, -0.2) is 0 Å². The quantitative estimate of drug-likeness (QED) is 0.787. The number of carbonyl (C=O) groups excluding carboxylic acids is 1. The van der Waals surface area contributed by atoms with Gasteiger partial charge in [-0.1, -0.05) is 15.9 Å². The third-order valence-electron chi connectivity index (χ3n) is 1.89. The van der Waals surface area contributed by atoms with Crippen LogP contribution < -0.4 is 0 Å². The minimum atomic E-state index is -0.738. The van der Waals surface area contributed by atoms with Gasteiger partial charge in [0.2, 0.25) is 5.91 Å². The van der Waals surface area contributed by atoms with Gasteiger partial charge in [-0.05, 0) is 12.2 Å². The van der Waals surface area contributed by atoms with Crippen molar-refractivity contribution in [2.75, 3.05) is 20.6 Å². The van der Waals surface area contributed by atoms with Gasteiger partial charge in [0.05, 0.1) is 6.54 Å². The lowest BCUT2D eigenvalue weighted by Gasteiger charge is -2.27. The molecule has 0 aliphatic carbocycles. The van der Waals surface area contributed by atoms with E-state index in [4.69, 9.17) is 0 Å². The molecule has 0 aromatic heterocycles. The van der Waals surface area contributed by atoms with Gasteiger partial charge < -0.3 is 14.9 Å². The summed E-state index contributed by atoms with van der Waals surface area (Å²) in [6.07, 6.45) is 4.37. The average molecular weight is 261 g/mol. The molecular formula is C9H13BrN2O2. The summed E-state index contributed by atoms with van der Waals surface area (Å²) >= 11 is 3.24. The van der Waals surface area contributed by atoms with Crippen LogP contribution in [0.1, 0.15) is 0 Å². The molecule has 14 heavy (non-hydrogen) atoms. The zero-order valence-electron chi connectivity index (χ0n) is 8.14. The molecule has 1 amide bonds. The fourth-order valence-electron chi connectivity index (χ4n) is 0.993. The van der Waals surface area contributed by atoms with Crippen LogP contribution in [0.15, 0.2) is 22.8 Å². The molecule has 78 valence electrons. The van der Waals surface area contributed by atoms with E-state index in [-0.39, 0.29) is 12.5 Å². The molecule has 0 aromatic carbocycles. The second-order valence-corrected chi connectivity index (χ2v) is 4.16. The first-order chi connectivity index (χ1) is 6.50. The highest BCUT2D eigenvalue weighted by Crippen LogP contribution is 2.16. The summed E-state index contributed by atoms with van der Waals surface area (Å²) in [5.74, 6) is -0.0416. The molecule has 1 atom stereocenters. The molecule has 0 saturated carbocycles. The van der Waals surface area contributed by atoms with Crippen LogP contribution in [0.4, 0.5) is 0 Å². The van der Waals surface area contributed by atoms with Crippen molar-refractivity contribution in [3.05, 3.63) is 22.8 Å². The number of aliphatic hydroxyl groups is 1. The maximum atomic E-state index is 11.3. The molecule has 5 heteroatoms. The molecule has 0 radical (unpaired) electrons. The Bertz CT molecular complexity index is 287. The van der Waals surface area contributed by atoms with Gasteiger partial charge in [0.25, 0.3) is 0 Å². The molecule has 0 saturated heterocycles. The van der Waals surface area contributed by atoms with Gasteiger partial charge in [-0.2, -0.15) is 0 Å². The number of rotatable bonds is 2. The number of allylic oxidation sites excluding steroid dienone is 2. The standard InChI is InChI=1S/C9H13BrN2O2/c1-11(2)9(14)6-12-4-3-7(10)5-8(12)13/h3-5,8,13H,6H2,1-2H3. The van der Waals surface area contributed by atoms with E-state index < -0.39 is 6.23 Å². The van der Waals surface area contributed by atoms with Crippen LogP contribution in [-0.2, 0) is 4.79 Å². The van der Waals surface area contributed by atoms with E-state index in [0.717, 1.165) is 4.48 Å². The largest absolute Gasteiger partial charge is 0.370 e. The Morgan fingerprint density at radius 2 is 2.36 bits per heavy atom. The molecule has 0 bridgehead atoms. The maximum absolute atomic E-state index is 11.3. The zero-order chi connectivity index (χ0) is 10.7. The lowest BCUT2D eigenvalue weighted by Crippen LogP contribution is -2.39. The molecular weight excluding hydrogens is 248 g/mol. The fourth-order valence-corrected chi connectivity index (χ4v) is 1.35. The summed E-state index contributed by atoms with van der Waals surface area (Å²) in [7, 11) is 3.38. The number of hydrogen-bond acceptors (Lipinski definition) is 3. The van der Waals surface area contributed by atoms with Crippen LogP contribution in [0, 0.1) is 0 Å². The Morgan fingerprint density at radius 1 is 1.71 bits per heavy atom. The second kappa shape index (κ2) is 4.61. The van der Waals surface area contributed by atoms with Crippen molar-refractivity contribution in [2.24, 2.45) is 0 Å². The highest BCUT2D eigenvalue weighted by molar-refractivity contribution is 9.11. The van der Waals surface area contributed by atoms with Gasteiger partial charge in [-0.15, -0.1) is 0 Å². The summed E-state index contributed by atoms with van der Waals surface area (Å²) in [5.41, 5.74) is 0. The van der Waals surface area contributed by atoms with Crippen LogP contribution in [0.5, 0.6) is 0 Å². The van der Waals surface area contributed by atoms with Crippen molar-refractivity contribution in [1.82, 2.24) is 9.80 Å². The molecule has 0 fully saturated rings. The number of aliphatic hydroxyl groups excluding tert-OH is 1. The number of nitrogens with zero attached hydrogens (tertiary/aromatic N) is 2. The Hall–Kier alpha value is -0.810. The Morgan fingerprint density at radius 3 is 2.86 bits per heavy atom. The summed E-state index contributed by atoms with van der Waals surface area (Å²) < 4.78 is 0.818. The maximum Gasteiger partial charge on any atom is 0.241 e. The summed E-state index contributed by atoms with van der Waals surface area (Å²) in [4.78, 5) is 14.4. The van der Waals surface area contributed by atoms with Crippen molar-refractivity contribution in [3.63, 3.8) is 0 Å². The molecule has 1 N–H and O–H groups in total. The SMILES string of the molecule is CN(C)C(=O)CN1C=CC(Br)=CC1O. The van der Waals surface area contributed by atoms with Crippen LogP contribution >= 0.6 is 15.9 Å². The van der Waals surface area contributed by atoms with E-state index in [1.165, 1.54) is 4.90 Å². The van der Waals surface area contributed by atoms with Crippen molar-refractivity contribution < 1.29 is 9.90 Å². The van der Waals surface area contributed by atoms with Gasteiger partial charge in [0, 0.05) is 24.8 Å². The molecule has 1 heterocycles. The van der Waals surface area contributed by atoms with E-state index in [2.05, 4.69) is 15.9 Å². The Kier molecular flexibility index (Phi) is 3.71. The highest BCUT2D eigenvalue weighted by Gasteiger charge is 2.17. The first-order valence-corrected chi connectivity index (χ1v) is 4.99. The predicted molar refractivity (Wildman–Crippen MR) is 57.6 cm³/mol. The zero-order valence-corrected chi connectivity index (χ0v) is 9.73. The highest BCUT2D eigenvalue weighted by atomic mass is 79.9. The minimum Gasteiger partial charge on any atom is -0.370 e. The normalized spacial score (nSPS) is 20.7. The molecule has 1 rings (SSSR count). The predicted octanol–water partition coefficient (Wildman–Crippen LogP) is 0.501. The molecule has 1 aliphatic heterocycles. The van der Waals surface area contributed by atoms with E-state index >= 15 is 0 Å². The summed E-state index contributed by atoms with van der Waals surface area (Å²) in [6, 6.07) is 0. The van der Waals surface area contributed by atoms with Crippen molar-refractivity contribution in [2.45, 2.75) is 6.23 Å².